The highest BCUT2D eigenvalue weighted by atomic mass is 16.5. The van der Waals surface area contributed by atoms with E-state index >= 15 is 0 Å². The van der Waals surface area contributed by atoms with Crippen LogP contribution in [0, 0.1) is 5.92 Å². The van der Waals surface area contributed by atoms with Crippen molar-refractivity contribution in [2.75, 3.05) is 51.3 Å². The van der Waals surface area contributed by atoms with Crippen LogP contribution in [0.1, 0.15) is 18.4 Å². The van der Waals surface area contributed by atoms with Gasteiger partial charge in [-0.05, 0) is 44.1 Å². The molecule has 2 fully saturated rings. The van der Waals surface area contributed by atoms with E-state index in [4.69, 9.17) is 24.5 Å². The summed E-state index contributed by atoms with van der Waals surface area (Å²) >= 11 is 0. The molecular formula is C26H33N3O6. The normalized spacial score (nSPS) is 16.7. The van der Waals surface area contributed by atoms with E-state index in [1.165, 1.54) is 11.3 Å². The van der Waals surface area contributed by atoms with Crippen molar-refractivity contribution < 1.29 is 29.3 Å². The van der Waals surface area contributed by atoms with Crippen molar-refractivity contribution in [2.45, 2.75) is 19.4 Å². The summed E-state index contributed by atoms with van der Waals surface area (Å²) in [6.45, 7) is 6.33. The summed E-state index contributed by atoms with van der Waals surface area (Å²) in [6.07, 6.45) is 1.90. The number of para-hydroxylation sites is 2. The van der Waals surface area contributed by atoms with Gasteiger partial charge in [0.2, 0.25) is 5.91 Å². The molecule has 0 unspecified atom stereocenters. The van der Waals surface area contributed by atoms with Crippen LogP contribution in [0.25, 0.3) is 0 Å². The number of hydrogen-bond donors (Lipinski definition) is 2. The van der Waals surface area contributed by atoms with Crippen LogP contribution in [0.15, 0.2) is 54.6 Å². The number of amides is 1. The Kier molecular flexibility index (Phi) is 9.48. The average Bonchev–Trinajstić information content (AvgIpc) is 2.90. The monoisotopic (exact) mass is 483 g/mol. The van der Waals surface area contributed by atoms with Gasteiger partial charge < -0.3 is 24.7 Å². The molecule has 4 rings (SSSR count). The predicted molar refractivity (Wildman–Crippen MR) is 132 cm³/mol. The zero-order chi connectivity index (χ0) is 25.2. The summed E-state index contributed by atoms with van der Waals surface area (Å²) in [4.78, 5) is 38.1. The van der Waals surface area contributed by atoms with Crippen LogP contribution in [0.2, 0.25) is 0 Å². The number of likely N-dealkylation sites (tertiary alicyclic amines) is 1. The zero-order valence-electron chi connectivity index (χ0n) is 20.0. The Bertz CT molecular complexity index is 972. The van der Waals surface area contributed by atoms with Crippen LogP contribution in [-0.4, -0.2) is 84.2 Å². The quantitative estimate of drug-likeness (QED) is 0.624. The Hall–Kier alpha value is -3.59. The predicted octanol–water partition coefficient (Wildman–Crippen LogP) is 2.41. The van der Waals surface area contributed by atoms with Gasteiger partial charge in [0, 0.05) is 49.9 Å². The first-order chi connectivity index (χ1) is 16.9. The number of carbonyl (C=O) groups is 3. The van der Waals surface area contributed by atoms with E-state index in [0.29, 0.717) is 5.91 Å². The summed E-state index contributed by atoms with van der Waals surface area (Å²) in [5.74, 6) is -2.17. The minimum atomic E-state index is -1.82. The third kappa shape index (κ3) is 7.45. The highest BCUT2D eigenvalue weighted by Crippen LogP contribution is 2.25. The first-order valence-corrected chi connectivity index (χ1v) is 11.8. The van der Waals surface area contributed by atoms with Crippen molar-refractivity contribution in [1.82, 2.24) is 9.80 Å². The van der Waals surface area contributed by atoms with Crippen LogP contribution in [0.4, 0.5) is 5.69 Å². The van der Waals surface area contributed by atoms with Crippen LogP contribution in [-0.2, 0) is 20.9 Å². The van der Waals surface area contributed by atoms with E-state index in [-0.39, 0.29) is 5.92 Å². The van der Waals surface area contributed by atoms with Crippen LogP contribution < -0.4 is 9.64 Å². The third-order valence-electron chi connectivity index (χ3n) is 6.42. The summed E-state index contributed by atoms with van der Waals surface area (Å²) in [7, 11) is 1.72. The van der Waals surface area contributed by atoms with E-state index in [1.54, 1.807) is 7.11 Å². The van der Waals surface area contributed by atoms with Crippen LogP contribution in [0.3, 0.4) is 0 Å². The lowest BCUT2D eigenvalue weighted by Gasteiger charge is -2.39. The number of piperazine rings is 1. The Balaban J connectivity index is 0.000000509. The van der Waals surface area contributed by atoms with Gasteiger partial charge in [0.05, 0.1) is 7.11 Å². The molecule has 35 heavy (non-hydrogen) atoms. The van der Waals surface area contributed by atoms with Crippen molar-refractivity contribution in [3.63, 3.8) is 0 Å². The number of nitrogens with zero attached hydrogens (tertiary/aromatic N) is 3. The molecule has 2 aliphatic heterocycles. The standard InChI is InChI=1S/C24H31N3O2.C2H2O4/c1-29-23-10-6-5-7-21(23)19-25-13-11-20(12-14-25)24(28)27-17-15-26(16-18-27)22-8-3-2-4-9-22;3-1(4)2(5)6/h2-10,20H,11-19H2,1H3;(H,3,4)(H,5,6). The fraction of sp³-hybridized carbons (Fsp3) is 0.423. The SMILES string of the molecule is COc1ccccc1CN1CCC(C(=O)N2CCN(c3ccccc3)CC2)CC1.O=C(O)C(=O)O. The lowest BCUT2D eigenvalue weighted by molar-refractivity contribution is -0.159. The van der Waals surface area contributed by atoms with E-state index in [2.05, 4.69) is 51.1 Å². The third-order valence-corrected chi connectivity index (χ3v) is 6.42. The summed E-state index contributed by atoms with van der Waals surface area (Å²) in [6, 6.07) is 18.7. The number of carboxylic acids is 2. The average molecular weight is 484 g/mol. The van der Waals surface area contributed by atoms with Gasteiger partial charge in [0.15, 0.2) is 0 Å². The Morgan fingerprint density at radius 3 is 1.97 bits per heavy atom. The molecule has 2 heterocycles. The molecule has 0 bridgehead atoms. The van der Waals surface area contributed by atoms with Crippen molar-refractivity contribution in [3.05, 3.63) is 60.2 Å². The topological polar surface area (TPSA) is 111 Å². The van der Waals surface area contributed by atoms with Gasteiger partial charge in [-0.3, -0.25) is 9.69 Å². The van der Waals surface area contributed by atoms with Gasteiger partial charge >= 0.3 is 11.9 Å². The van der Waals surface area contributed by atoms with Gasteiger partial charge in [-0.1, -0.05) is 36.4 Å². The second-order valence-corrected chi connectivity index (χ2v) is 8.62. The number of carbonyl (C=O) groups excluding carboxylic acids is 1. The molecule has 0 aromatic heterocycles. The summed E-state index contributed by atoms with van der Waals surface area (Å²) in [5.41, 5.74) is 2.47. The maximum atomic E-state index is 13.0. The number of hydrogen-bond acceptors (Lipinski definition) is 6. The molecule has 2 N–H and O–H groups in total. The Morgan fingerprint density at radius 2 is 1.40 bits per heavy atom. The lowest BCUT2D eigenvalue weighted by Crippen LogP contribution is -2.51. The fourth-order valence-electron chi connectivity index (χ4n) is 4.49. The van der Waals surface area contributed by atoms with Gasteiger partial charge in [-0.15, -0.1) is 0 Å². The largest absolute Gasteiger partial charge is 0.496 e. The molecule has 0 spiro atoms. The molecule has 188 valence electrons. The molecule has 0 radical (unpaired) electrons. The maximum Gasteiger partial charge on any atom is 0.414 e. The van der Waals surface area contributed by atoms with E-state index in [0.717, 1.165) is 64.4 Å². The van der Waals surface area contributed by atoms with Crippen molar-refractivity contribution in [2.24, 2.45) is 5.92 Å². The van der Waals surface area contributed by atoms with Crippen molar-refractivity contribution in [1.29, 1.82) is 0 Å². The number of anilines is 1. The molecule has 2 aromatic rings. The molecule has 0 aliphatic carbocycles. The Labute approximate surface area is 205 Å². The van der Waals surface area contributed by atoms with Crippen LogP contribution >= 0.6 is 0 Å². The second-order valence-electron chi connectivity index (χ2n) is 8.62. The number of piperidine rings is 1. The number of methoxy groups -OCH3 is 1. The zero-order valence-corrected chi connectivity index (χ0v) is 20.0. The molecule has 9 heteroatoms. The number of rotatable bonds is 5. The van der Waals surface area contributed by atoms with Gasteiger partial charge in [-0.2, -0.15) is 0 Å². The van der Waals surface area contributed by atoms with E-state index in [1.807, 2.05) is 18.2 Å². The minimum absolute atomic E-state index is 0.173. The van der Waals surface area contributed by atoms with Gasteiger partial charge in [0.25, 0.3) is 0 Å². The second kappa shape index (κ2) is 12.8. The number of benzene rings is 2. The molecule has 0 atom stereocenters. The molecule has 0 saturated carbocycles. The molecule has 2 saturated heterocycles. The number of carboxylic acid groups (broad SMARTS) is 2. The molecule has 2 aromatic carbocycles. The first-order valence-electron chi connectivity index (χ1n) is 11.8. The lowest BCUT2D eigenvalue weighted by atomic mass is 9.94. The van der Waals surface area contributed by atoms with Crippen molar-refractivity contribution in [3.8, 4) is 5.75 Å². The molecule has 2 aliphatic rings. The summed E-state index contributed by atoms with van der Waals surface area (Å²) in [5, 5.41) is 14.8. The van der Waals surface area contributed by atoms with Gasteiger partial charge in [0.1, 0.15) is 5.75 Å². The smallest absolute Gasteiger partial charge is 0.414 e. The number of ether oxygens (including phenoxy) is 1. The van der Waals surface area contributed by atoms with E-state index < -0.39 is 11.9 Å². The van der Waals surface area contributed by atoms with Crippen LogP contribution in [0.5, 0.6) is 5.75 Å². The van der Waals surface area contributed by atoms with E-state index in [9.17, 15) is 4.79 Å². The fourth-order valence-corrected chi connectivity index (χ4v) is 4.49. The van der Waals surface area contributed by atoms with Crippen molar-refractivity contribution >= 4 is 23.5 Å². The maximum absolute atomic E-state index is 13.0. The summed E-state index contributed by atoms with van der Waals surface area (Å²) < 4.78 is 5.47. The molecule has 1 amide bonds. The highest BCUT2D eigenvalue weighted by molar-refractivity contribution is 6.27. The highest BCUT2D eigenvalue weighted by Gasteiger charge is 2.30. The minimum Gasteiger partial charge on any atom is -0.496 e. The van der Waals surface area contributed by atoms with Gasteiger partial charge in [-0.25, -0.2) is 9.59 Å². The molecule has 9 nitrogen and oxygen atoms in total. The first kappa shape index (κ1) is 26.0. The molecular weight excluding hydrogens is 450 g/mol. The number of aliphatic carboxylic acids is 2. The Morgan fingerprint density at radius 1 is 0.829 bits per heavy atom.